The first-order valence-electron chi connectivity index (χ1n) is 6.45. The molecule has 0 aliphatic carbocycles. The van der Waals surface area contributed by atoms with Crippen LogP contribution < -0.4 is 5.32 Å². The zero-order valence-corrected chi connectivity index (χ0v) is 10.6. The maximum absolute atomic E-state index is 4.32. The third-order valence-electron chi connectivity index (χ3n) is 3.77. The van der Waals surface area contributed by atoms with E-state index < -0.39 is 0 Å². The van der Waals surface area contributed by atoms with Gasteiger partial charge in [-0.1, -0.05) is 20.3 Å². The van der Waals surface area contributed by atoms with Crippen molar-refractivity contribution < 1.29 is 0 Å². The quantitative estimate of drug-likeness (QED) is 0.850. The van der Waals surface area contributed by atoms with Crippen LogP contribution in [0.25, 0.3) is 0 Å². The molecule has 0 spiro atoms. The van der Waals surface area contributed by atoms with Crippen LogP contribution in [0.1, 0.15) is 57.8 Å². The second-order valence-electron chi connectivity index (χ2n) is 5.21. The largest absolute Gasteiger partial charge is 0.330 e. The van der Waals surface area contributed by atoms with Crippen molar-refractivity contribution in [3.8, 4) is 0 Å². The molecule has 1 aliphatic rings. The molecule has 1 fully saturated rings. The van der Waals surface area contributed by atoms with Crippen LogP contribution in [0.4, 0.5) is 0 Å². The lowest BCUT2D eigenvalue weighted by Crippen LogP contribution is -2.29. The van der Waals surface area contributed by atoms with Gasteiger partial charge in [0.25, 0.3) is 0 Å². The van der Waals surface area contributed by atoms with E-state index in [1.807, 2.05) is 12.5 Å². The Labute approximate surface area is 98.3 Å². The van der Waals surface area contributed by atoms with E-state index in [2.05, 4.69) is 35.6 Å². The van der Waals surface area contributed by atoms with Crippen LogP contribution in [0, 0.1) is 5.92 Å². The van der Waals surface area contributed by atoms with Crippen molar-refractivity contribution in [3.05, 3.63) is 18.2 Å². The second-order valence-corrected chi connectivity index (χ2v) is 5.21. The fraction of sp³-hybridized carbons (Fsp3) is 0.769. The molecule has 2 unspecified atom stereocenters. The minimum Gasteiger partial charge on any atom is -0.330 e. The van der Waals surface area contributed by atoms with E-state index in [9.17, 15) is 0 Å². The number of nitrogens with one attached hydrogen (secondary N) is 1. The molecule has 16 heavy (non-hydrogen) atoms. The second kappa shape index (κ2) is 5.00. The molecule has 2 heterocycles. The maximum atomic E-state index is 4.32. The van der Waals surface area contributed by atoms with Gasteiger partial charge in [-0.05, 0) is 32.2 Å². The summed E-state index contributed by atoms with van der Waals surface area (Å²) in [5.74, 6) is 0.650. The Bertz CT molecular complexity index is 324. The summed E-state index contributed by atoms with van der Waals surface area (Å²) < 4.78 is 2.34. The molecule has 1 aromatic rings. The first kappa shape index (κ1) is 11.6. The summed E-state index contributed by atoms with van der Waals surface area (Å²) in [5.41, 5.74) is 1.36. The molecule has 90 valence electrons. The van der Waals surface area contributed by atoms with E-state index in [4.69, 9.17) is 0 Å². The highest BCUT2D eigenvalue weighted by Crippen LogP contribution is 2.27. The van der Waals surface area contributed by atoms with Crippen molar-refractivity contribution in [1.29, 1.82) is 0 Å². The average molecular weight is 221 g/mol. The zero-order chi connectivity index (χ0) is 11.5. The Morgan fingerprint density at radius 1 is 1.38 bits per heavy atom. The normalized spacial score (nSPS) is 23.6. The predicted octanol–water partition coefficient (Wildman–Crippen LogP) is 2.91. The zero-order valence-electron chi connectivity index (χ0n) is 10.6. The molecule has 1 aromatic heterocycles. The van der Waals surface area contributed by atoms with Crippen LogP contribution in [-0.2, 0) is 0 Å². The van der Waals surface area contributed by atoms with Gasteiger partial charge in [-0.25, -0.2) is 4.98 Å². The van der Waals surface area contributed by atoms with Gasteiger partial charge >= 0.3 is 0 Å². The summed E-state index contributed by atoms with van der Waals surface area (Å²) in [4.78, 5) is 4.32. The molecule has 3 heteroatoms. The lowest BCUT2D eigenvalue weighted by Gasteiger charge is -2.27. The fourth-order valence-corrected chi connectivity index (χ4v) is 2.35. The van der Waals surface area contributed by atoms with Gasteiger partial charge in [-0.3, -0.25) is 0 Å². The molecular formula is C13H23N3. The number of aromatic nitrogens is 2. The lowest BCUT2D eigenvalue weighted by atomic mass is 10.0. The molecule has 0 aromatic carbocycles. The molecule has 1 saturated heterocycles. The molecule has 0 saturated carbocycles. The van der Waals surface area contributed by atoms with Crippen LogP contribution in [0.2, 0.25) is 0 Å². The molecule has 2 rings (SSSR count). The van der Waals surface area contributed by atoms with Gasteiger partial charge in [-0.15, -0.1) is 0 Å². The fourth-order valence-electron chi connectivity index (χ4n) is 2.35. The van der Waals surface area contributed by atoms with Crippen molar-refractivity contribution in [1.82, 2.24) is 14.9 Å². The van der Waals surface area contributed by atoms with Gasteiger partial charge in [0.1, 0.15) is 0 Å². The summed E-state index contributed by atoms with van der Waals surface area (Å²) in [5, 5.41) is 3.59. The number of nitrogens with zero attached hydrogens (tertiary/aromatic N) is 2. The Hall–Kier alpha value is -0.830. The number of rotatable bonds is 3. The Morgan fingerprint density at radius 3 is 2.81 bits per heavy atom. The molecular weight excluding hydrogens is 198 g/mol. The standard InChI is InChI=1S/C13H23N3/c1-10(2)11(3)16-9-14-8-13(16)12-6-4-5-7-15-12/h8-12,15H,4-7H2,1-3H3. The molecule has 0 radical (unpaired) electrons. The van der Waals surface area contributed by atoms with Gasteiger partial charge in [0.2, 0.25) is 0 Å². The third-order valence-corrected chi connectivity index (χ3v) is 3.77. The van der Waals surface area contributed by atoms with Gasteiger partial charge in [-0.2, -0.15) is 0 Å². The number of hydrogen-bond acceptors (Lipinski definition) is 2. The number of imidazole rings is 1. The van der Waals surface area contributed by atoms with Crippen LogP contribution in [0.5, 0.6) is 0 Å². The van der Waals surface area contributed by atoms with Crippen molar-refractivity contribution in [2.75, 3.05) is 6.54 Å². The molecule has 3 nitrogen and oxygen atoms in total. The molecule has 1 N–H and O–H groups in total. The topological polar surface area (TPSA) is 29.9 Å². The van der Waals surface area contributed by atoms with E-state index in [-0.39, 0.29) is 0 Å². The molecule has 2 atom stereocenters. The molecule has 1 aliphatic heterocycles. The summed E-state index contributed by atoms with van der Waals surface area (Å²) in [7, 11) is 0. The average Bonchev–Trinajstić information content (AvgIpc) is 2.77. The van der Waals surface area contributed by atoms with E-state index >= 15 is 0 Å². The Balaban J connectivity index is 2.17. The van der Waals surface area contributed by atoms with Gasteiger partial charge < -0.3 is 9.88 Å². The summed E-state index contributed by atoms with van der Waals surface area (Å²) >= 11 is 0. The third kappa shape index (κ3) is 2.29. The monoisotopic (exact) mass is 221 g/mol. The summed E-state index contributed by atoms with van der Waals surface area (Å²) in [6.45, 7) is 7.95. The van der Waals surface area contributed by atoms with Crippen LogP contribution in [-0.4, -0.2) is 16.1 Å². The summed E-state index contributed by atoms with van der Waals surface area (Å²) in [6.07, 6.45) is 7.90. The first-order chi connectivity index (χ1) is 7.70. The molecule has 0 bridgehead atoms. The van der Waals surface area contributed by atoms with Gasteiger partial charge in [0, 0.05) is 18.3 Å². The Kier molecular flexibility index (Phi) is 3.64. The van der Waals surface area contributed by atoms with Gasteiger partial charge in [0.15, 0.2) is 0 Å². The van der Waals surface area contributed by atoms with Gasteiger partial charge in [0.05, 0.1) is 12.0 Å². The van der Waals surface area contributed by atoms with Crippen LogP contribution in [0.3, 0.4) is 0 Å². The van der Waals surface area contributed by atoms with E-state index in [1.165, 1.54) is 25.0 Å². The predicted molar refractivity (Wildman–Crippen MR) is 66.4 cm³/mol. The van der Waals surface area contributed by atoms with E-state index in [1.54, 1.807) is 0 Å². The minimum absolute atomic E-state index is 0.512. The lowest BCUT2D eigenvalue weighted by molar-refractivity contribution is 0.351. The van der Waals surface area contributed by atoms with Crippen LogP contribution >= 0.6 is 0 Å². The highest BCUT2D eigenvalue weighted by molar-refractivity contribution is 5.07. The smallest absolute Gasteiger partial charge is 0.0951 e. The number of hydrogen-bond donors (Lipinski definition) is 1. The van der Waals surface area contributed by atoms with Crippen LogP contribution in [0.15, 0.2) is 12.5 Å². The maximum Gasteiger partial charge on any atom is 0.0951 e. The SMILES string of the molecule is CC(C)C(C)n1cncc1C1CCCCN1. The van der Waals surface area contributed by atoms with Crippen molar-refractivity contribution in [3.63, 3.8) is 0 Å². The highest BCUT2D eigenvalue weighted by Gasteiger charge is 2.21. The van der Waals surface area contributed by atoms with Crippen molar-refractivity contribution in [2.45, 2.75) is 52.1 Å². The first-order valence-corrected chi connectivity index (χ1v) is 6.45. The minimum atomic E-state index is 0.512. The van der Waals surface area contributed by atoms with Crippen molar-refractivity contribution >= 4 is 0 Å². The highest BCUT2D eigenvalue weighted by atomic mass is 15.1. The molecule has 0 amide bonds. The van der Waals surface area contributed by atoms with Crippen molar-refractivity contribution in [2.24, 2.45) is 5.92 Å². The van der Waals surface area contributed by atoms with E-state index in [0.29, 0.717) is 18.0 Å². The van der Waals surface area contributed by atoms with E-state index in [0.717, 1.165) is 6.54 Å². The summed E-state index contributed by atoms with van der Waals surface area (Å²) in [6, 6.07) is 1.04. The number of piperidine rings is 1. The Morgan fingerprint density at radius 2 is 2.19 bits per heavy atom.